The quantitative estimate of drug-likeness (QED) is 0.424. The fraction of sp³-hybridized carbons (Fsp3) is 0.600. The Balaban J connectivity index is 1.89. The third-order valence-electron chi connectivity index (χ3n) is 4.33. The van der Waals surface area contributed by atoms with Gasteiger partial charge in [0, 0.05) is 39.8 Å². The lowest BCUT2D eigenvalue weighted by molar-refractivity contribution is 0.0240. The molecule has 2 rings (SSSR count). The molecule has 1 fully saturated rings. The highest BCUT2D eigenvalue weighted by molar-refractivity contribution is 5.77. The second-order valence-electron chi connectivity index (χ2n) is 7.86. The van der Waals surface area contributed by atoms with Crippen LogP contribution in [0, 0.1) is 5.82 Å². The Morgan fingerprint density at radius 3 is 2.55 bits per heavy atom. The van der Waals surface area contributed by atoms with Crippen molar-refractivity contribution < 1.29 is 18.7 Å². The van der Waals surface area contributed by atoms with Crippen LogP contribution < -0.4 is 16.0 Å². The van der Waals surface area contributed by atoms with Crippen LogP contribution in [0.4, 0.5) is 14.9 Å². The van der Waals surface area contributed by atoms with Crippen molar-refractivity contribution in [2.24, 2.45) is 10.7 Å². The summed E-state index contributed by atoms with van der Waals surface area (Å²) in [5, 5.41) is 2.92. The van der Waals surface area contributed by atoms with Gasteiger partial charge in [0.1, 0.15) is 11.4 Å². The lowest BCUT2D eigenvalue weighted by Gasteiger charge is -2.36. The minimum Gasteiger partial charge on any atom is -0.444 e. The number of guanidine groups is 1. The maximum absolute atomic E-state index is 14.6. The van der Waals surface area contributed by atoms with E-state index in [-0.39, 0.29) is 18.5 Å². The van der Waals surface area contributed by atoms with E-state index in [1.54, 1.807) is 18.1 Å². The minimum absolute atomic E-state index is 0.287. The number of nitrogens with two attached hydrogens (primary N) is 1. The van der Waals surface area contributed by atoms with E-state index in [1.165, 1.54) is 6.07 Å². The van der Waals surface area contributed by atoms with Crippen LogP contribution >= 0.6 is 0 Å². The molecule has 0 spiro atoms. The molecular formula is C20H32FN5O3. The molecule has 0 atom stereocenters. The standard InChI is InChI=1S/C20H32FN5O3/c1-20(2,3)29-19(27)26-10-8-25(9-11-26)17-6-5-15(13-16(17)21)14-24-18(22)23-7-12-28-4/h5-6,13H,7-12,14H2,1-4H3,(H3,22,23,24). The zero-order chi connectivity index (χ0) is 21.4. The molecule has 162 valence electrons. The first-order valence-electron chi connectivity index (χ1n) is 9.73. The van der Waals surface area contributed by atoms with Crippen LogP contribution in [0.25, 0.3) is 0 Å². The number of nitrogens with one attached hydrogen (secondary N) is 1. The monoisotopic (exact) mass is 409 g/mol. The highest BCUT2D eigenvalue weighted by atomic mass is 19.1. The van der Waals surface area contributed by atoms with Crippen molar-refractivity contribution in [2.75, 3.05) is 51.3 Å². The maximum Gasteiger partial charge on any atom is 0.410 e. The third-order valence-corrected chi connectivity index (χ3v) is 4.33. The van der Waals surface area contributed by atoms with Crippen molar-refractivity contribution >= 4 is 17.7 Å². The van der Waals surface area contributed by atoms with Gasteiger partial charge in [0.05, 0.1) is 18.8 Å². The van der Waals surface area contributed by atoms with E-state index in [0.717, 1.165) is 5.56 Å². The predicted octanol–water partition coefficient (Wildman–Crippen LogP) is 1.93. The van der Waals surface area contributed by atoms with Gasteiger partial charge in [0.2, 0.25) is 0 Å². The lowest BCUT2D eigenvalue weighted by atomic mass is 10.1. The van der Waals surface area contributed by atoms with Crippen LogP contribution in [-0.2, 0) is 16.0 Å². The summed E-state index contributed by atoms with van der Waals surface area (Å²) in [5.74, 6) is -0.0147. The number of halogens is 1. The maximum atomic E-state index is 14.6. The van der Waals surface area contributed by atoms with Crippen molar-refractivity contribution in [1.82, 2.24) is 10.2 Å². The first-order valence-corrected chi connectivity index (χ1v) is 9.73. The van der Waals surface area contributed by atoms with E-state index in [9.17, 15) is 9.18 Å². The third kappa shape index (κ3) is 7.41. The summed E-state index contributed by atoms with van der Waals surface area (Å²) in [6.07, 6.45) is -0.331. The zero-order valence-corrected chi connectivity index (χ0v) is 17.7. The number of piperazine rings is 1. The van der Waals surface area contributed by atoms with Gasteiger partial charge in [-0.15, -0.1) is 0 Å². The van der Waals surface area contributed by atoms with Gasteiger partial charge in [0.25, 0.3) is 0 Å². The molecule has 3 N–H and O–H groups in total. The molecule has 9 heteroatoms. The smallest absolute Gasteiger partial charge is 0.410 e. The van der Waals surface area contributed by atoms with E-state index >= 15 is 0 Å². The van der Waals surface area contributed by atoms with Gasteiger partial charge < -0.3 is 30.3 Å². The first-order chi connectivity index (χ1) is 13.7. The van der Waals surface area contributed by atoms with Crippen molar-refractivity contribution in [1.29, 1.82) is 0 Å². The van der Waals surface area contributed by atoms with Gasteiger partial charge >= 0.3 is 6.09 Å². The molecule has 1 heterocycles. The molecule has 1 aliphatic heterocycles. The SMILES string of the molecule is COCCNC(N)=NCc1ccc(N2CCN(C(=O)OC(C)(C)C)CC2)c(F)c1. The molecule has 1 aromatic carbocycles. The van der Waals surface area contributed by atoms with Crippen LogP contribution in [-0.4, -0.2) is 69.0 Å². The van der Waals surface area contributed by atoms with Crippen molar-refractivity contribution in [3.05, 3.63) is 29.6 Å². The Morgan fingerprint density at radius 1 is 1.28 bits per heavy atom. The summed E-state index contributed by atoms with van der Waals surface area (Å²) in [5.41, 5.74) is 6.49. The average Bonchev–Trinajstić information content (AvgIpc) is 2.65. The molecule has 29 heavy (non-hydrogen) atoms. The highest BCUT2D eigenvalue weighted by Crippen LogP contribution is 2.23. The Morgan fingerprint density at radius 2 is 1.97 bits per heavy atom. The molecule has 0 bridgehead atoms. The van der Waals surface area contributed by atoms with Crippen LogP contribution in [0.2, 0.25) is 0 Å². The summed E-state index contributed by atoms with van der Waals surface area (Å²) >= 11 is 0. The molecule has 1 aliphatic rings. The van der Waals surface area contributed by atoms with Crippen molar-refractivity contribution in [3.63, 3.8) is 0 Å². The number of carbonyl (C=O) groups is 1. The van der Waals surface area contributed by atoms with Gasteiger partial charge in [-0.2, -0.15) is 0 Å². The summed E-state index contributed by atoms with van der Waals surface area (Å²) in [4.78, 5) is 19.9. The van der Waals surface area contributed by atoms with Crippen LogP contribution in [0.15, 0.2) is 23.2 Å². The predicted molar refractivity (Wildman–Crippen MR) is 112 cm³/mol. The van der Waals surface area contributed by atoms with Gasteiger partial charge in [-0.1, -0.05) is 6.07 Å². The number of methoxy groups -OCH3 is 1. The largest absolute Gasteiger partial charge is 0.444 e. The van der Waals surface area contributed by atoms with E-state index < -0.39 is 5.60 Å². The van der Waals surface area contributed by atoms with Crippen LogP contribution in [0.5, 0.6) is 0 Å². The Labute approximate surface area is 171 Å². The summed E-state index contributed by atoms with van der Waals surface area (Å²) in [6, 6.07) is 5.06. The average molecular weight is 410 g/mol. The minimum atomic E-state index is -0.526. The second-order valence-corrected chi connectivity index (χ2v) is 7.86. The summed E-state index contributed by atoms with van der Waals surface area (Å²) in [6.45, 7) is 8.97. The van der Waals surface area contributed by atoms with Crippen LogP contribution in [0.1, 0.15) is 26.3 Å². The molecule has 1 saturated heterocycles. The topological polar surface area (TPSA) is 92.4 Å². The number of nitrogens with zero attached hydrogens (tertiary/aromatic N) is 3. The number of carbonyl (C=O) groups excluding carboxylic acids is 1. The van der Waals surface area contributed by atoms with E-state index in [4.69, 9.17) is 15.2 Å². The molecule has 1 aromatic rings. The number of benzene rings is 1. The van der Waals surface area contributed by atoms with Crippen molar-refractivity contribution in [2.45, 2.75) is 32.9 Å². The molecule has 1 amide bonds. The molecule has 0 saturated carbocycles. The number of hydrogen-bond donors (Lipinski definition) is 2. The lowest BCUT2D eigenvalue weighted by Crippen LogP contribution is -2.50. The molecule has 8 nitrogen and oxygen atoms in total. The number of amides is 1. The fourth-order valence-corrected chi connectivity index (χ4v) is 2.88. The van der Waals surface area contributed by atoms with Gasteiger partial charge in [-0.3, -0.25) is 0 Å². The van der Waals surface area contributed by atoms with Gasteiger partial charge in [-0.25, -0.2) is 14.2 Å². The molecule has 0 radical (unpaired) electrons. The summed E-state index contributed by atoms with van der Waals surface area (Å²) in [7, 11) is 1.61. The molecule has 0 aliphatic carbocycles. The number of anilines is 1. The van der Waals surface area contributed by atoms with Gasteiger partial charge in [-0.05, 0) is 38.5 Å². The van der Waals surface area contributed by atoms with Gasteiger partial charge in [0.15, 0.2) is 5.96 Å². The number of hydrogen-bond acceptors (Lipinski definition) is 5. The Bertz CT molecular complexity index is 713. The first kappa shape index (κ1) is 22.7. The molecular weight excluding hydrogens is 377 g/mol. The Hall–Kier alpha value is -2.55. The number of aliphatic imine (C=N–C) groups is 1. The fourth-order valence-electron chi connectivity index (χ4n) is 2.88. The number of ether oxygens (including phenoxy) is 2. The summed E-state index contributed by atoms with van der Waals surface area (Å²) < 4.78 is 24.9. The van der Waals surface area contributed by atoms with Crippen molar-refractivity contribution in [3.8, 4) is 0 Å². The van der Waals surface area contributed by atoms with E-state index in [1.807, 2.05) is 31.7 Å². The van der Waals surface area contributed by atoms with E-state index in [0.29, 0.717) is 51.0 Å². The molecule has 0 aromatic heterocycles. The zero-order valence-electron chi connectivity index (χ0n) is 17.7. The second kappa shape index (κ2) is 10.3. The molecule has 0 unspecified atom stereocenters. The normalized spacial score (nSPS) is 15.4. The van der Waals surface area contributed by atoms with E-state index in [2.05, 4.69) is 10.3 Å². The Kier molecular flexibility index (Phi) is 8.07. The highest BCUT2D eigenvalue weighted by Gasteiger charge is 2.26. The number of rotatable bonds is 6. The van der Waals surface area contributed by atoms with Crippen LogP contribution in [0.3, 0.4) is 0 Å².